The topological polar surface area (TPSA) is 65.0 Å². The lowest BCUT2D eigenvalue weighted by Gasteiger charge is -2.58. The van der Waals surface area contributed by atoms with Gasteiger partial charge in [0.05, 0.1) is 12.7 Å². The van der Waals surface area contributed by atoms with Crippen LogP contribution in [0.1, 0.15) is 92.4 Å². The Bertz CT molecular complexity index is 887. The van der Waals surface area contributed by atoms with Crippen LogP contribution >= 0.6 is 0 Å². The number of carbonyl (C=O) groups is 1. The third kappa shape index (κ3) is 3.54. The molecular weight excluding hydrogens is 440 g/mol. The number of allylic oxidation sites excluding steroid dienone is 1. The molecule has 0 radical (unpaired) electrons. The molecule has 0 aromatic heterocycles. The van der Waals surface area contributed by atoms with E-state index in [1.54, 1.807) is 0 Å². The molecule has 12 atom stereocenters. The molecule has 1 spiro atoms. The third-order valence-electron chi connectivity index (χ3n) is 11.9. The van der Waals surface area contributed by atoms with Crippen molar-refractivity contribution in [1.29, 1.82) is 0 Å². The molecule has 0 aromatic carbocycles. The average Bonchev–Trinajstić information content (AvgIpc) is 3.26. The molecule has 35 heavy (non-hydrogen) atoms. The molecule has 0 amide bonds. The number of ether oxygens (including phenoxy) is 3. The first kappa shape index (κ1) is 24.4. The number of hydrogen-bond donors (Lipinski definition) is 1. The van der Waals surface area contributed by atoms with Crippen molar-refractivity contribution in [3.05, 3.63) is 11.6 Å². The van der Waals surface area contributed by atoms with Crippen LogP contribution in [-0.4, -0.2) is 41.8 Å². The number of fused-ring (bicyclic) bond motifs is 7. The summed E-state index contributed by atoms with van der Waals surface area (Å²) in [4.78, 5) is 12.0. The van der Waals surface area contributed by atoms with Gasteiger partial charge in [0.15, 0.2) is 5.79 Å². The number of aliphatic hydroxyl groups excluding tert-OH is 1. The monoisotopic (exact) mass is 486 g/mol. The average molecular weight is 487 g/mol. The fourth-order valence-corrected chi connectivity index (χ4v) is 10.0. The van der Waals surface area contributed by atoms with E-state index < -0.39 is 12.1 Å². The van der Waals surface area contributed by atoms with Gasteiger partial charge in [-0.1, -0.05) is 39.3 Å². The van der Waals surface area contributed by atoms with Crippen LogP contribution in [0.5, 0.6) is 0 Å². The molecule has 3 saturated carbocycles. The van der Waals surface area contributed by atoms with Crippen LogP contribution in [0, 0.1) is 46.3 Å². The summed E-state index contributed by atoms with van der Waals surface area (Å²) in [5, 5.41) is 9.57. The van der Waals surface area contributed by atoms with Crippen molar-refractivity contribution < 1.29 is 24.1 Å². The Labute approximate surface area is 211 Å². The van der Waals surface area contributed by atoms with E-state index in [0.717, 1.165) is 50.5 Å². The maximum Gasteiger partial charge on any atom is 0.334 e. The Morgan fingerprint density at radius 2 is 1.94 bits per heavy atom. The zero-order chi connectivity index (χ0) is 24.8. The highest BCUT2D eigenvalue weighted by Gasteiger charge is 2.68. The Kier molecular flexibility index (Phi) is 5.79. The van der Waals surface area contributed by atoms with Gasteiger partial charge in [0.2, 0.25) is 0 Å². The molecule has 0 aromatic rings. The Hall–Kier alpha value is -0.910. The van der Waals surface area contributed by atoms with E-state index >= 15 is 0 Å². The van der Waals surface area contributed by atoms with E-state index in [2.05, 4.69) is 33.8 Å². The van der Waals surface area contributed by atoms with Gasteiger partial charge in [-0.25, -0.2) is 4.79 Å². The van der Waals surface area contributed by atoms with Gasteiger partial charge in [-0.15, -0.1) is 0 Å². The molecule has 5 fully saturated rings. The second-order valence-electron chi connectivity index (χ2n) is 13.8. The second-order valence-corrected chi connectivity index (χ2v) is 13.8. The normalized spacial score (nSPS) is 53.7. The number of esters is 1. The molecule has 1 unspecified atom stereocenters. The van der Waals surface area contributed by atoms with Crippen LogP contribution in [0.2, 0.25) is 0 Å². The standard InChI is InChI=1S/C30H46O5/c1-17-8-13-30(33-16-17)18(2)26-25(35-30)15-24-22-7-6-20-14-21(34-27(32)19(3)31)9-11-28(20,4)23(22)10-12-29(24,26)5/h6,17-19,21-26,31H,7-16H2,1-5H3/t17-,18+,19?,21+,22-,23+,24+,25+,26+,28+,29+,30-/m1/s1. The molecule has 6 aliphatic rings. The molecule has 6 rings (SSSR count). The van der Waals surface area contributed by atoms with E-state index in [1.165, 1.54) is 38.2 Å². The van der Waals surface area contributed by atoms with Crippen molar-refractivity contribution in [1.82, 2.24) is 0 Å². The zero-order valence-electron chi connectivity index (χ0n) is 22.4. The first-order valence-electron chi connectivity index (χ1n) is 14.5. The van der Waals surface area contributed by atoms with Crippen molar-refractivity contribution in [2.45, 2.75) is 117 Å². The van der Waals surface area contributed by atoms with Gasteiger partial charge in [0, 0.05) is 18.8 Å². The van der Waals surface area contributed by atoms with Gasteiger partial charge < -0.3 is 19.3 Å². The summed E-state index contributed by atoms with van der Waals surface area (Å²) in [6.45, 7) is 12.1. The molecule has 5 nitrogen and oxygen atoms in total. The van der Waals surface area contributed by atoms with Gasteiger partial charge >= 0.3 is 5.97 Å². The minimum Gasteiger partial charge on any atom is -0.460 e. The smallest absolute Gasteiger partial charge is 0.334 e. The summed E-state index contributed by atoms with van der Waals surface area (Å²) in [5.74, 6) is 3.06. The van der Waals surface area contributed by atoms with Crippen LogP contribution in [0.4, 0.5) is 0 Å². The number of rotatable bonds is 2. The SMILES string of the molecule is CC(O)C(=O)O[C@H]1CC[C@@]2(C)C(=CC[C@H]3[C@@H]4C[C@@H]5O[C@]6(CC[C@@H](C)CO6)[C@@H](C)[C@@H]5[C@@]4(C)CC[C@@H]32)C1. The Balaban J connectivity index is 1.21. The minimum atomic E-state index is -1.04. The van der Waals surface area contributed by atoms with Gasteiger partial charge in [0.1, 0.15) is 12.2 Å². The van der Waals surface area contributed by atoms with Gasteiger partial charge in [-0.3, -0.25) is 0 Å². The van der Waals surface area contributed by atoms with E-state index in [4.69, 9.17) is 14.2 Å². The van der Waals surface area contributed by atoms with E-state index in [1.807, 2.05) is 0 Å². The highest BCUT2D eigenvalue weighted by molar-refractivity contribution is 5.74. The van der Waals surface area contributed by atoms with Gasteiger partial charge in [-0.05, 0) is 92.3 Å². The van der Waals surface area contributed by atoms with Crippen LogP contribution in [0.15, 0.2) is 11.6 Å². The lowest BCUT2D eigenvalue weighted by molar-refractivity contribution is -0.272. The van der Waals surface area contributed by atoms with Crippen molar-refractivity contribution >= 4 is 5.97 Å². The van der Waals surface area contributed by atoms with Gasteiger partial charge in [0.25, 0.3) is 0 Å². The van der Waals surface area contributed by atoms with Crippen molar-refractivity contribution in [3.63, 3.8) is 0 Å². The predicted octanol–water partition coefficient (Wildman–Crippen LogP) is 5.65. The number of aliphatic hydroxyl groups is 1. The first-order valence-corrected chi connectivity index (χ1v) is 14.5. The summed E-state index contributed by atoms with van der Waals surface area (Å²) in [7, 11) is 0. The molecule has 2 heterocycles. The zero-order valence-corrected chi connectivity index (χ0v) is 22.4. The largest absolute Gasteiger partial charge is 0.460 e. The van der Waals surface area contributed by atoms with Crippen LogP contribution in [0.3, 0.4) is 0 Å². The van der Waals surface area contributed by atoms with Crippen LogP contribution < -0.4 is 0 Å². The van der Waals surface area contributed by atoms with Crippen molar-refractivity contribution in [2.24, 2.45) is 46.3 Å². The first-order chi connectivity index (χ1) is 16.6. The fraction of sp³-hybridized carbons (Fsp3) is 0.900. The molecular formula is C30H46O5. The van der Waals surface area contributed by atoms with Crippen LogP contribution in [0.25, 0.3) is 0 Å². The molecule has 2 aliphatic heterocycles. The fourth-order valence-electron chi connectivity index (χ4n) is 10.0. The van der Waals surface area contributed by atoms with E-state index in [-0.39, 0.29) is 17.3 Å². The highest BCUT2D eigenvalue weighted by atomic mass is 16.7. The maximum absolute atomic E-state index is 12.0. The summed E-state index contributed by atoms with van der Waals surface area (Å²) >= 11 is 0. The van der Waals surface area contributed by atoms with Crippen LogP contribution in [-0.2, 0) is 19.0 Å². The summed E-state index contributed by atoms with van der Waals surface area (Å²) in [6.07, 6.45) is 11.8. The van der Waals surface area contributed by atoms with Gasteiger partial charge in [-0.2, -0.15) is 0 Å². The second kappa shape index (κ2) is 8.30. The summed E-state index contributed by atoms with van der Waals surface area (Å²) in [6, 6.07) is 0. The maximum atomic E-state index is 12.0. The van der Waals surface area contributed by atoms with Crippen molar-refractivity contribution in [2.75, 3.05) is 6.61 Å². The molecule has 0 bridgehead atoms. The highest BCUT2D eigenvalue weighted by Crippen LogP contribution is 2.70. The van der Waals surface area contributed by atoms with E-state index in [0.29, 0.717) is 35.2 Å². The molecule has 1 N–H and O–H groups in total. The Morgan fingerprint density at radius 3 is 2.66 bits per heavy atom. The minimum absolute atomic E-state index is 0.0867. The third-order valence-corrected chi connectivity index (χ3v) is 11.9. The lowest BCUT2D eigenvalue weighted by atomic mass is 9.47. The van der Waals surface area contributed by atoms with Crippen molar-refractivity contribution in [3.8, 4) is 0 Å². The predicted molar refractivity (Wildman–Crippen MR) is 133 cm³/mol. The molecule has 5 heteroatoms. The summed E-state index contributed by atoms with van der Waals surface area (Å²) in [5.41, 5.74) is 2.06. The molecule has 2 saturated heterocycles. The van der Waals surface area contributed by atoms with E-state index in [9.17, 15) is 9.90 Å². The summed E-state index contributed by atoms with van der Waals surface area (Å²) < 4.78 is 19.0. The Morgan fingerprint density at radius 1 is 1.14 bits per heavy atom. The quantitative estimate of drug-likeness (QED) is 0.404. The molecule has 4 aliphatic carbocycles. The lowest BCUT2D eigenvalue weighted by Crippen LogP contribution is -2.52. The molecule has 196 valence electrons. The number of hydrogen-bond acceptors (Lipinski definition) is 5. The number of carbonyl (C=O) groups excluding carboxylic acids is 1.